The van der Waals surface area contributed by atoms with Crippen molar-refractivity contribution in [1.82, 2.24) is 10.4 Å². The molecular formula is C14H13ClN4O3. The Hall–Kier alpha value is -2.67. The maximum atomic E-state index is 12.1. The number of hydrogen-bond acceptors (Lipinski definition) is 5. The van der Waals surface area contributed by atoms with E-state index >= 15 is 0 Å². The number of anilines is 1. The van der Waals surface area contributed by atoms with Crippen LogP contribution in [0.15, 0.2) is 42.6 Å². The number of halogens is 1. The van der Waals surface area contributed by atoms with Gasteiger partial charge in [0, 0.05) is 24.6 Å². The second-order valence-corrected chi connectivity index (χ2v) is 4.73. The molecule has 1 heterocycles. The van der Waals surface area contributed by atoms with Gasteiger partial charge < -0.3 is 0 Å². The summed E-state index contributed by atoms with van der Waals surface area (Å²) in [5, 5.41) is 12.0. The summed E-state index contributed by atoms with van der Waals surface area (Å²) in [6, 6.07) is 9.71. The number of hydrazine groups is 1. The van der Waals surface area contributed by atoms with Crippen LogP contribution in [0.2, 0.25) is 0 Å². The minimum absolute atomic E-state index is 0.113. The van der Waals surface area contributed by atoms with Crippen molar-refractivity contribution < 1.29 is 9.72 Å². The highest BCUT2D eigenvalue weighted by molar-refractivity contribution is 6.17. The Morgan fingerprint density at radius 1 is 1.41 bits per heavy atom. The summed E-state index contributed by atoms with van der Waals surface area (Å²) in [6.07, 6.45) is 1.13. The number of nitrogens with zero attached hydrogens (tertiary/aromatic N) is 3. The molecule has 1 N–H and O–H groups in total. The van der Waals surface area contributed by atoms with Gasteiger partial charge in [0.2, 0.25) is 0 Å². The molecule has 0 spiro atoms. The second kappa shape index (κ2) is 6.86. The average Bonchev–Trinajstić information content (AvgIpc) is 2.54. The number of aromatic nitrogens is 1. The zero-order valence-electron chi connectivity index (χ0n) is 11.7. The van der Waals surface area contributed by atoms with Crippen LogP contribution in [0.3, 0.4) is 0 Å². The predicted octanol–water partition coefficient (Wildman–Crippen LogP) is 2.51. The highest BCUT2D eigenvalue weighted by atomic mass is 35.5. The van der Waals surface area contributed by atoms with E-state index in [1.165, 1.54) is 17.1 Å². The Morgan fingerprint density at radius 2 is 2.18 bits per heavy atom. The van der Waals surface area contributed by atoms with Gasteiger partial charge in [-0.05, 0) is 23.8 Å². The van der Waals surface area contributed by atoms with Gasteiger partial charge in [0.1, 0.15) is 12.0 Å². The summed E-state index contributed by atoms with van der Waals surface area (Å²) >= 11 is 5.74. The normalized spacial score (nSPS) is 10.1. The Morgan fingerprint density at radius 3 is 2.77 bits per heavy atom. The molecule has 2 aromatic rings. The minimum Gasteiger partial charge on any atom is -0.271 e. The lowest BCUT2D eigenvalue weighted by Gasteiger charge is -2.19. The molecule has 1 aromatic heterocycles. The van der Waals surface area contributed by atoms with Crippen molar-refractivity contribution in [2.75, 3.05) is 12.1 Å². The van der Waals surface area contributed by atoms with Gasteiger partial charge in [0.25, 0.3) is 11.6 Å². The fraction of sp³-hybridized carbons (Fsp3) is 0.143. The van der Waals surface area contributed by atoms with E-state index in [0.29, 0.717) is 17.3 Å². The smallest absolute Gasteiger partial charge is 0.271 e. The quantitative estimate of drug-likeness (QED) is 0.519. The SMILES string of the molecule is CN(NC(=O)c1cccc(CCl)c1)c1ccc([N+](=O)[O-])cn1. The lowest BCUT2D eigenvalue weighted by atomic mass is 10.1. The van der Waals surface area contributed by atoms with Crippen LogP contribution in [-0.4, -0.2) is 22.9 Å². The van der Waals surface area contributed by atoms with E-state index in [0.717, 1.165) is 11.8 Å². The molecule has 8 heteroatoms. The van der Waals surface area contributed by atoms with Crippen molar-refractivity contribution in [3.05, 3.63) is 63.8 Å². The van der Waals surface area contributed by atoms with Crippen LogP contribution in [0.5, 0.6) is 0 Å². The second-order valence-electron chi connectivity index (χ2n) is 4.47. The van der Waals surface area contributed by atoms with Gasteiger partial charge in [0.05, 0.1) is 4.92 Å². The molecular weight excluding hydrogens is 308 g/mol. The lowest BCUT2D eigenvalue weighted by molar-refractivity contribution is -0.385. The Bertz CT molecular complexity index is 691. The first-order valence-corrected chi connectivity index (χ1v) is 6.85. The molecule has 0 saturated heterocycles. The zero-order chi connectivity index (χ0) is 16.1. The number of amides is 1. The molecule has 2 rings (SSSR count). The van der Waals surface area contributed by atoms with Crippen LogP contribution in [0.4, 0.5) is 11.5 Å². The van der Waals surface area contributed by atoms with Crippen LogP contribution in [0.1, 0.15) is 15.9 Å². The minimum atomic E-state index is -0.535. The topological polar surface area (TPSA) is 88.4 Å². The van der Waals surface area contributed by atoms with Crippen LogP contribution in [0, 0.1) is 10.1 Å². The van der Waals surface area contributed by atoms with Gasteiger partial charge >= 0.3 is 0 Å². The van der Waals surface area contributed by atoms with E-state index in [-0.39, 0.29) is 11.6 Å². The molecule has 0 aliphatic rings. The summed E-state index contributed by atoms with van der Waals surface area (Å²) in [5.41, 5.74) is 3.82. The molecule has 0 saturated carbocycles. The van der Waals surface area contributed by atoms with Crippen molar-refractivity contribution in [1.29, 1.82) is 0 Å². The summed E-state index contributed by atoms with van der Waals surface area (Å²) in [5.74, 6) is 0.378. The number of nitrogens with one attached hydrogen (secondary N) is 1. The van der Waals surface area contributed by atoms with Crippen molar-refractivity contribution in [2.24, 2.45) is 0 Å². The van der Waals surface area contributed by atoms with Gasteiger partial charge in [0.15, 0.2) is 0 Å². The van der Waals surface area contributed by atoms with Crippen molar-refractivity contribution in [3.63, 3.8) is 0 Å². The number of carbonyl (C=O) groups is 1. The summed E-state index contributed by atoms with van der Waals surface area (Å²) in [7, 11) is 1.59. The first kappa shape index (κ1) is 15.7. The fourth-order valence-electron chi connectivity index (χ4n) is 1.75. The standard InChI is InChI=1S/C14H13ClN4O3/c1-18(13-6-5-12(9-16-13)19(21)22)17-14(20)11-4-2-3-10(7-11)8-15/h2-7,9H,8H2,1H3,(H,17,20). The number of rotatable bonds is 5. The largest absolute Gasteiger partial charge is 0.287 e. The maximum absolute atomic E-state index is 12.1. The Balaban J connectivity index is 2.08. The van der Waals surface area contributed by atoms with Gasteiger partial charge in [-0.2, -0.15) is 0 Å². The molecule has 1 amide bonds. The lowest BCUT2D eigenvalue weighted by Crippen LogP contribution is -2.39. The highest BCUT2D eigenvalue weighted by Gasteiger charge is 2.12. The first-order chi connectivity index (χ1) is 10.5. The average molecular weight is 321 g/mol. The number of hydrogen-bond donors (Lipinski definition) is 1. The molecule has 0 unspecified atom stereocenters. The van der Waals surface area contributed by atoms with Crippen molar-refractivity contribution >= 4 is 29.0 Å². The highest BCUT2D eigenvalue weighted by Crippen LogP contribution is 2.14. The van der Waals surface area contributed by atoms with Gasteiger partial charge in [-0.15, -0.1) is 11.6 Å². The molecule has 0 radical (unpaired) electrons. The van der Waals surface area contributed by atoms with Crippen molar-refractivity contribution in [3.8, 4) is 0 Å². The maximum Gasteiger partial charge on any atom is 0.287 e. The van der Waals surface area contributed by atoms with Gasteiger partial charge in [-0.1, -0.05) is 12.1 Å². The van der Waals surface area contributed by atoms with Crippen LogP contribution >= 0.6 is 11.6 Å². The zero-order valence-corrected chi connectivity index (χ0v) is 12.4. The first-order valence-electron chi connectivity index (χ1n) is 6.31. The monoisotopic (exact) mass is 320 g/mol. The van der Waals surface area contributed by atoms with E-state index in [1.54, 1.807) is 25.2 Å². The molecule has 0 aliphatic carbocycles. The van der Waals surface area contributed by atoms with E-state index < -0.39 is 4.92 Å². The number of alkyl halides is 1. The molecule has 0 bridgehead atoms. The van der Waals surface area contributed by atoms with Crippen LogP contribution in [-0.2, 0) is 5.88 Å². The van der Waals surface area contributed by atoms with Gasteiger partial charge in [-0.3, -0.25) is 25.3 Å². The van der Waals surface area contributed by atoms with E-state index in [2.05, 4.69) is 10.4 Å². The third kappa shape index (κ3) is 3.70. The third-order valence-corrected chi connectivity index (χ3v) is 3.21. The number of carbonyl (C=O) groups excluding carboxylic acids is 1. The summed E-state index contributed by atoms with van der Waals surface area (Å²) in [6.45, 7) is 0. The van der Waals surface area contributed by atoms with Gasteiger partial charge in [-0.25, -0.2) is 4.98 Å². The summed E-state index contributed by atoms with van der Waals surface area (Å²) in [4.78, 5) is 26.1. The number of pyridine rings is 1. The predicted molar refractivity (Wildman–Crippen MR) is 82.8 cm³/mol. The molecule has 0 atom stereocenters. The summed E-state index contributed by atoms with van der Waals surface area (Å²) < 4.78 is 0. The van der Waals surface area contributed by atoms with Crippen LogP contribution < -0.4 is 10.4 Å². The molecule has 22 heavy (non-hydrogen) atoms. The molecule has 114 valence electrons. The Labute approximate surface area is 131 Å². The number of benzene rings is 1. The number of nitro groups is 1. The van der Waals surface area contributed by atoms with Crippen molar-refractivity contribution in [2.45, 2.75) is 5.88 Å². The Kier molecular flexibility index (Phi) is 4.90. The molecule has 1 aromatic carbocycles. The van der Waals surface area contributed by atoms with Crippen LogP contribution in [0.25, 0.3) is 0 Å². The third-order valence-electron chi connectivity index (χ3n) is 2.90. The molecule has 0 aliphatic heterocycles. The van der Waals surface area contributed by atoms with E-state index in [1.807, 2.05) is 6.07 Å². The fourth-order valence-corrected chi connectivity index (χ4v) is 1.92. The molecule has 7 nitrogen and oxygen atoms in total. The van der Waals surface area contributed by atoms with E-state index in [9.17, 15) is 14.9 Å². The molecule has 0 fully saturated rings. The van der Waals surface area contributed by atoms with E-state index in [4.69, 9.17) is 11.6 Å².